The standard InChI is InChI=1S/C15H23N3O/c1-11-5-6-13(15(16)19)14(8-11)18-7-3-4-12(10-18)9-17-2/h5-6,8,12,17H,3-4,7,9-10H2,1-2H3,(H2,16,19). The molecule has 0 bridgehead atoms. The third-order valence-corrected chi connectivity index (χ3v) is 3.77. The number of benzene rings is 1. The number of hydrogen-bond acceptors (Lipinski definition) is 3. The van der Waals surface area contributed by atoms with Crippen LogP contribution in [0.4, 0.5) is 5.69 Å². The van der Waals surface area contributed by atoms with E-state index in [1.54, 1.807) is 0 Å². The van der Waals surface area contributed by atoms with Gasteiger partial charge in [-0.25, -0.2) is 0 Å². The number of amides is 1. The van der Waals surface area contributed by atoms with Crippen LogP contribution in [0.2, 0.25) is 0 Å². The first kappa shape index (κ1) is 13.9. The number of rotatable bonds is 4. The van der Waals surface area contributed by atoms with Crippen LogP contribution in [0.3, 0.4) is 0 Å². The van der Waals surface area contributed by atoms with Crippen LogP contribution in [0.1, 0.15) is 28.8 Å². The zero-order valence-corrected chi connectivity index (χ0v) is 11.8. The Morgan fingerprint density at radius 1 is 1.53 bits per heavy atom. The molecule has 0 aromatic heterocycles. The highest BCUT2D eigenvalue weighted by Crippen LogP contribution is 2.27. The van der Waals surface area contributed by atoms with Crippen LogP contribution in [0.25, 0.3) is 0 Å². The maximum absolute atomic E-state index is 11.6. The van der Waals surface area contributed by atoms with Gasteiger partial charge >= 0.3 is 0 Å². The smallest absolute Gasteiger partial charge is 0.250 e. The number of nitrogens with one attached hydrogen (secondary N) is 1. The summed E-state index contributed by atoms with van der Waals surface area (Å²) >= 11 is 0. The normalized spacial score (nSPS) is 19.5. The van der Waals surface area contributed by atoms with Crippen molar-refractivity contribution >= 4 is 11.6 Å². The minimum atomic E-state index is -0.342. The maximum atomic E-state index is 11.6. The highest BCUT2D eigenvalue weighted by atomic mass is 16.1. The quantitative estimate of drug-likeness (QED) is 0.864. The first-order chi connectivity index (χ1) is 9.11. The predicted molar refractivity (Wildman–Crippen MR) is 78.6 cm³/mol. The third-order valence-electron chi connectivity index (χ3n) is 3.77. The monoisotopic (exact) mass is 261 g/mol. The maximum Gasteiger partial charge on any atom is 0.250 e. The average molecular weight is 261 g/mol. The van der Waals surface area contributed by atoms with Crippen LogP contribution in [0, 0.1) is 12.8 Å². The number of carbonyl (C=O) groups is 1. The summed E-state index contributed by atoms with van der Waals surface area (Å²) in [6.45, 7) is 5.06. The molecule has 4 nitrogen and oxygen atoms in total. The first-order valence-electron chi connectivity index (χ1n) is 6.92. The molecule has 1 atom stereocenters. The summed E-state index contributed by atoms with van der Waals surface area (Å²) in [5.74, 6) is 0.297. The van der Waals surface area contributed by atoms with Crippen molar-refractivity contribution in [3.8, 4) is 0 Å². The van der Waals surface area contributed by atoms with Crippen molar-refractivity contribution in [3.05, 3.63) is 29.3 Å². The third kappa shape index (κ3) is 3.26. The fraction of sp³-hybridized carbons (Fsp3) is 0.533. The van der Waals surface area contributed by atoms with Gasteiger partial charge in [-0.15, -0.1) is 0 Å². The van der Waals surface area contributed by atoms with E-state index >= 15 is 0 Å². The van der Waals surface area contributed by atoms with Gasteiger partial charge in [-0.2, -0.15) is 0 Å². The SMILES string of the molecule is CNCC1CCCN(c2cc(C)ccc2C(N)=O)C1. The molecule has 1 aliphatic rings. The van der Waals surface area contributed by atoms with Crippen LogP contribution < -0.4 is 16.0 Å². The number of carbonyl (C=O) groups excluding carboxylic acids is 1. The molecule has 1 aromatic carbocycles. The van der Waals surface area contributed by atoms with Crippen molar-refractivity contribution in [1.29, 1.82) is 0 Å². The van der Waals surface area contributed by atoms with Gasteiger partial charge in [0.15, 0.2) is 0 Å². The van der Waals surface area contributed by atoms with Crippen molar-refractivity contribution in [1.82, 2.24) is 5.32 Å². The summed E-state index contributed by atoms with van der Waals surface area (Å²) in [5, 5.41) is 3.24. The summed E-state index contributed by atoms with van der Waals surface area (Å²) < 4.78 is 0. The van der Waals surface area contributed by atoms with Gasteiger partial charge in [0.25, 0.3) is 5.91 Å². The molecule has 19 heavy (non-hydrogen) atoms. The zero-order chi connectivity index (χ0) is 13.8. The van der Waals surface area contributed by atoms with Gasteiger partial charge in [0.2, 0.25) is 0 Å². The molecule has 2 rings (SSSR count). The Kier molecular flexibility index (Phi) is 4.43. The predicted octanol–water partition coefficient (Wildman–Crippen LogP) is 1.53. The largest absolute Gasteiger partial charge is 0.371 e. The minimum Gasteiger partial charge on any atom is -0.371 e. The van der Waals surface area contributed by atoms with E-state index in [1.165, 1.54) is 12.8 Å². The number of primary amides is 1. The van der Waals surface area contributed by atoms with E-state index in [4.69, 9.17) is 5.73 Å². The Bertz CT molecular complexity index is 457. The van der Waals surface area contributed by atoms with E-state index < -0.39 is 0 Å². The Morgan fingerprint density at radius 3 is 3.00 bits per heavy atom. The van der Waals surface area contributed by atoms with Crippen LogP contribution >= 0.6 is 0 Å². The van der Waals surface area contributed by atoms with Gasteiger partial charge in [-0.05, 0) is 57.0 Å². The van der Waals surface area contributed by atoms with Crippen LogP contribution in [-0.2, 0) is 0 Å². The van der Waals surface area contributed by atoms with E-state index in [-0.39, 0.29) is 5.91 Å². The summed E-state index contributed by atoms with van der Waals surface area (Å²) in [6, 6.07) is 5.86. The summed E-state index contributed by atoms with van der Waals surface area (Å²) in [6.07, 6.45) is 2.41. The average Bonchev–Trinajstić information content (AvgIpc) is 2.39. The topological polar surface area (TPSA) is 58.4 Å². The lowest BCUT2D eigenvalue weighted by molar-refractivity contribution is 0.100. The lowest BCUT2D eigenvalue weighted by Gasteiger charge is -2.35. The minimum absolute atomic E-state index is 0.342. The Labute approximate surface area is 115 Å². The van der Waals surface area contributed by atoms with Crippen LogP contribution in [0.5, 0.6) is 0 Å². The number of piperidine rings is 1. The highest BCUT2D eigenvalue weighted by molar-refractivity contribution is 5.98. The second-order valence-electron chi connectivity index (χ2n) is 5.40. The molecule has 0 spiro atoms. The van der Waals surface area contributed by atoms with E-state index in [0.717, 1.165) is 30.9 Å². The van der Waals surface area contributed by atoms with Gasteiger partial charge < -0.3 is 16.0 Å². The van der Waals surface area contributed by atoms with Crippen molar-refractivity contribution in [2.75, 3.05) is 31.6 Å². The van der Waals surface area contributed by atoms with Gasteiger partial charge in [0.1, 0.15) is 0 Å². The number of aryl methyl sites for hydroxylation is 1. The second-order valence-corrected chi connectivity index (χ2v) is 5.40. The highest BCUT2D eigenvalue weighted by Gasteiger charge is 2.22. The molecule has 3 N–H and O–H groups in total. The molecule has 4 heteroatoms. The molecule has 1 saturated heterocycles. The van der Waals surface area contributed by atoms with Crippen LogP contribution in [-0.4, -0.2) is 32.6 Å². The van der Waals surface area contributed by atoms with Gasteiger partial charge in [-0.1, -0.05) is 6.07 Å². The number of nitrogens with zero attached hydrogens (tertiary/aromatic N) is 1. The van der Waals surface area contributed by atoms with Crippen molar-refractivity contribution in [3.63, 3.8) is 0 Å². The molecule has 104 valence electrons. The van der Waals surface area contributed by atoms with E-state index in [2.05, 4.69) is 16.3 Å². The Balaban J connectivity index is 2.24. The lowest BCUT2D eigenvalue weighted by Crippen LogP contribution is -2.40. The Morgan fingerprint density at radius 2 is 2.32 bits per heavy atom. The molecule has 1 fully saturated rings. The molecule has 1 aromatic rings. The second kappa shape index (κ2) is 6.06. The van der Waals surface area contributed by atoms with Crippen molar-refractivity contribution in [2.45, 2.75) is 19.8 Å². The van der Waals surface area contributed by atoms with Gasteiger partial charge in [-0.3, -0.25) is 4.79 Å². The molecular formula is C15H23N3O. The fourth-order valence-electron chi connectivity index (χ4n) is 2.85. The zero-order valence-electron chi connectivity index (χ0n) is 11.8. The molecule has 0 saturated carbocycles. The summed E-state index contributed by atoms with van der Waals surface area (Å²) in [4.78, 5) is 13.9. The number of hydrogen-bond donors (Lipinski definition) is 2. The number of anilines is 1. The van der Waals surface area contributed by atoms with E-state index in [1.807, 2.05) is 26.1 Å². The molecule has 1 aliphatic heterocycles. The molecule has 1 amide bonds. The first-order valence-corrected chi connectivity index (χ1v) is 6.92. The van der Waals surface area contributed by atoms with Gasteiger partial charge in [0.05, 0.1) is 5.56 Å². The molecular weight excluding hydrogens is 238 g/mol. The fourth-order valence-corrected chi connectivity index (χ4v) is 2.85. The molecule has 0 radical (unpaired) electrons. The van der Waals surface area contributed by atoms with Gasteiger partial charge in [0, 0.05) is 18.8 Å². The Hall–Kier alpha value is -1.55. The van der Waals surface area contributed by atoms with Crippen LogP contribution in [0.15, 0.2) is 18.2 Å². The van der Waals surface area contributed by atoms with E-state index in [9.17, 15) is 4.79 Å². The summed E-state index contributed by atoms with van der Waals surface area (Å²) in [5.41, 5.74) is 8.28. The molecule has 1 heterocycles. The lowest BCUT2D eigenvalue weighted by atomic mass is 9.96. The van der Waals surface area contributed by atoms with Crippen molar-refractivity contribution < 1.29 is 4.79 Å². The van der Waals surface area contributed by atoms with Crippen molar-refractivity contribution in [2.24, 2.45) is 11.7 Å². The number of nitrogens with two attached hydrogens (primary N) is 1. The molecule has 0 aliphatic carbocycles. The molecule has 1 unspecified atom stereocenters. The van der Waals surface area contributed by atoms with E-state index in [0.29, 0.717) is 11.5 Å². The summed E-state index contributed by atoms with van der Waals surface area (Å²) in [7, 11) is 1.99.